The minimum Gasteiger partial charge on any atom is -0.493 e. The molecule has 1 fully saturated rings. The van der Waals surface area contributed by atoms with Gasteiger partial charge in [0.25, 0.3) is 0 Å². The normalized spacial score (nSPS) is 25.8. The molecule has 2 bridgehead atoms. The summed E-state index contributed by atoms with van der Waals surface area (Å²) in [5.41, 5.74) is 0.756. The fourth-order valence-corrected chi connectivity index (χ4v) is 6.12. The van der Waals surface area contributed by atoms with E-state index in [2.05, 4.69) is 5.32 Å². The number of hydrogen-bond acceptors (Lipinski definition) is 5. The van der Waals surface area contributed by atoms with Crippen molar-refractivity contribution in [1.82, 2.24) is 5.32 Å². The first kappa shape index (κ1) is 19.8. The van der Waals surface area contributed by atoms with Crippen molar-refractivity contribution >= 4 is 15.7 Å². The number of piperidine rings is 1. The van der Waals surface area contributed by atoms with Crippen molar-refractivity contribution in [1.29, 1.82) is 0 Å². The summed E-state index contributed by atoms with van der Waals surface area (Å²) in [6.45, 7) is 5.85. The lowest BCUT2D eigenvalue weighted by atomic mass is 9.81. The van der Waals surface area contributed by atoms with Crippen molar-refractivity contribution in [2.75, 3.05) is 7.11 Å². The van der Waals surface area contributed by atoms with Crippen LogP contribution in [0.1, 0.15) is 50.2 Å². The van der Waals surface area contributed by atoms with Crippen molar-refractivity contribution in [2.45, 2.75) is 54.9 Å². The molecule has 0 spiro atoms. The number of sulfone groups is 1. The second kappa shape index (κ2) is 6.76. The van der Waals surface area contributed by atoms with Gasteiger partial charge in [0, 0.05) is 17.9 Å². The van der Waals surface area contributed by atoms with E-state index in [1.807, 2.05) is 32.0 Å². The van der Waals surface area contributed by atoms with Crippen LogP contribution in [0.2, 0.25) is 0 Å². The monoisotopic (exact) mass is 415 g/mol. The van der Waals surface area contributed by atoms with Crippen LogP contribution in [0.25, 0.3) is 0 Å². The summed E-state index contributed by atoms with van der Waals surface area (Å²) in [7, 11) is -2.37. The molecule has 4 rings (SSSR count). The van der Waals surface area contributed by atoms with Gasteiger partial charge in [-0.05, 0) is 36.6 Å². The van der Waals surface area contributed by atoms with Gasteiger partial charge in [-0.3, -0.25) is 4.79 Å². The number of fused-ring (bicyclic) bond motifs is 4. The van der Waals surface area contributed by atoms with Crippen LogP contribution in [0.5, 0.6) is 11.5 Å². The van der Waals surface area contributed by atoms with Gasteiger partial charge in [-0.2, -0.15) is 0 Å². The lowest BCUT2D eigenvalue weighted by Gasteiger charge is -2.47. The van der Waals surface area contributed by atoms with Gasteiger partial charge in [0.1, 0.15) is 0 Å². The standard InChI is InChI=1S/C22H25NO5S/c1-13(2)14-8-10-15(11-9-14)29(25,26)20-17-12-22(3,23-21(20)24)28-19-16(17)6-5-7-18(19)27-4/h5-11,13,17,20H,12H2,1-4H3,(H,23,24)/t17-,20+,22-/m0/s1. The molecule has 0 unspecified atom stereocenters. The van der Waals surface area contributed by atoms with E-state index in [0.717, 1.165) is 5.56 Å². The van der Waals surface area contributed by atoms with E-state index >= 15 is 0 Å². The number of amides is 1. The van der Waals surface area contributed by atoms with Crippen molar-refractivity contribution < 1.29 is 22.7 Å². The number of rotatable bonds is 4. The quantitative estimate of drug-likeness (QED) is 0.828. The van der Waals surface area contributed by atoms with Gasteiger partial charge < -0.3 is 14.8 Å². The van der Waals surface area contributed by atoms with Crippen LogP contribution in [0, 0.1) is 0 Å². The Morgan fingerprint density at radius 1 is 1.17 bits per heavy atom. The molecule has 1 N–H and O–H groups in total. The zero-order valence-electron chi connectivity index (χ0n) is 16.9. The van der Waals surface area contributed by atoms with E-state index < -0.39 is 32.6 Å². The molecule has 0 radical (unpaired) electrons. The smallest absolute Gasteiger partial charge is 0.242 e. The summed E-state index contributed by atoms with van der Waals surface area (Å²) in [4.78, 5) is 13.1. The van der Waals surface area contributed by atoms with Crippen molar-refractivity contribution in [3.05, 3.63) is 53.6 Å². The Morgan fingerprint density at radius 3 is 2.48 bits per heavy atom. The molecular weight excluding hydrogens is 390 g/mol. The Balaban J connectivity index is 1.82. The minimum atomic E-state index is -3.90. The van der Waals surface area contributed by atoms with Gasteiger partial charge in [0.15, 0.2) is 32.3 Å². The van der Waals surface area contributed by atoms with Crippen molar-refractivity contribution in [3.8, 4) is 11.5 Å². The van der Waals surface area contributed by atoms with Gasteiger partial charge in [0.2, 0.25) is 5.91 Å². The predicted octanol–water partition coefficient (Wildman–Crippen LogP) is 3.37. The third-order valence-electron chi connectivity index (χ3n) is 5.79. The van der Waals surface area contributed by atoms with E-state index in [-0.39, 0.29) is 4.90 Å². The molecule has 0 aliphatic carbocycles. The fourth-order valence-electron chi connectivity index (χ4n) is 4.30. The maximum atomic E-state index is 13.5. The summed E-state index contributed by atoms with van der Waals surface area (Å²) in [6, 6.07) is 12.2. The number of carbonyl (C=O) groups is 1. The Kier molecular flexibility index (Phi) is 4.61. The first-order valence-corrected chi connectivity index (χ1v) is 11.2. The largest absolute Gasteiger partial charge is 0.493 e. The van der Waals surface area contributed by atoms with Crippen LogP contribution in [0.4, 0.5) is 0 Å². The highest BCUT2D eigenvalue weighted by molar-refractivity contribution is 7.92. The van der Waals surface area contributed by atoms with E-state index in [9.17, 15) is 13.2 Å². The first-order chi connectivity index (χ1) is 13.7. The van der Waals surface area contributed by atoms with Gasteiger partial charge in [-0.15, -0.1) is 0 Å². The number of methoxy groups -OCH3 is 1. The van der Waals surface area contributed by atoms with Crippen LogP contribution in [-0.2, 0) is 14.6 Å². The first-order valence-electron chi connectivity index (χ1n) is 9.68. The Hall–Kier alpha value is -2.54. The molecule has 154 valence electrons. The van der Waals surface area contributed by atoms with Crippen molar-refractivity contribution in [3.63, 3.8) is 0 Å². The number of hydrogen-bond donors (Lipinski definition) is 1. The van der Waals surface area contributed by atoms with Gasteiger partial charge in [-0.25, -0.2) is 8.42 Å². The van der Waals surface area contributed by atoms with E-state index in [0.29, 0.717) is 29.4 Å². The molecule has 6 nitrogen and oxygen atoms in total. The molecule has 2 aromatic carbocycles. The SMILES string of the molecule is COc1cccc2c1O[C@@]1(C)C[C@@H]2[C@@H](S(=O)(=O)c2ccc(C(C)C)cc2)C(=O)N1. The Bertz CT molecular complexity index is 1060. The number of nitrogens with one attached hydrogen (secondary N) is 1. The third-order valence-corrected chi connectivity index (χ3v) is 7.93. The van der Waals surface area contributed by atoms with Crippen LogP contribution in [-0.4, -0.2) is 32.4 Å². The second-order valence-electron chi connectivity index (χ2n) is 8.20. The topological polar surface area (TPSA) is 81.7 Å². The highest BCUT2D eigenvalue weighted by Gasteiger charge is 2.54. The molecule has 2 aliphatic rings. The molecule has 2 aromatic rings. The molecular formula is C22H25NO5S. The highest BCUT2D eigenvalue weighted by atomic mass is 32.2. The number of carbonyl (C=O) groups excluding carboxylic acids is 1. The lowest BCUT2D eigenvalue weighted by Crippen LogP contribution is -2.63. The molecule has 1 amide bonds. The maximum Gasteiger partial charge on any atom is 0.242 e. The van der Waals surface area contributed by atoms with Crippen LogP contribution < -0.4 is 14.8 Å². The zero-order valence-corrected chi connectivity index (χ0v) is 17.7. The van der Waals surface area contributed by atoms with Gasteiger partial charge in [-0.1, -0.05) is 38.1 Å². The minimum absolute atomic E-state index is 0.154. The van der Waals surface area contributed by atoms with E-state index in [4.69, 9.17) is 9.47 Å². The molecule has 0 saturated carbocycles. The predicted molar refractivity (Wildman–Crippen MR) is 109 cm³/mol. The van der Waals surface area contributed by atoms with Crippen LogP contribution >= 0.6 is 0 Å². The molecule has 0 aromatic heterocycles. The van der Waals surface area contributed by atoms with Crippen LogP contribution in [0.3, 0.4) is 0 Å². The molecule has 2 aliphatic heterocycles. The molecule has 2 heterocycles. The van der Waals surface area contributed by atoms with Gasteiger partial charge in [0.05, 0.1) is 12.0 Å². The summed E-state index contributed by atoms with van der Waals surface area (Å²) in [6.07, 6.45) is 0.368. The summed E-state index contributed by atoms with van der Waals surface area (Å²) in [5, 5.41) is 1.55. The third kappa shape index (κ3) is 3.17. The average molecular weight is 416 g/mol. The van der Waals surface area contributed by atoms with Crippen LogP contribution in [0.15, 0.2) is 47.4 Å². The fraction of sp³-hybridized carbons (Fsp3) is 0.409. The molecule has 3 atom stereocenters. The second-order valence-corrected chi connectivity index (χ2v) is 10.3. The number of ether oxygens (including phenoxy) is 2. The Labute approximate surface area is 171 Å². The van der Waals surface area contributed by atoms with Crippen molar-refractivity contribution in [2.24, 2.45) is 0 Å². The summed E-state index contributed by atoms with van der Waals surface area (Å²) < 4.78 is 38.5. The highest BCUT2D eigenvalue weighted by Crippen LogP contribution is 2.50. The molecule has 29 heavy (non-hydrogen) atoms. The molecule has 1 saturated heterocycles. The summed E-state index contributed by atoms with van der Waals surface area (Å²) >= 11 is 0. The Morgan fingerprint density at radius 2 is 1.86 bits per heavy atom. The maximum absolute atomic E-state index is 13.5. The van der Waals surface area contributed by atoms with E-state index in [1.54, 1.807) is 31.2 Å². The number of para-hydroxylation sites is 1. The number of benzene rings is 2. The van der Waals surface area contributed by atoms with Gasteiger partial charge >= 0.3 is 0 Å². The average Bonchev–Trinajstić information content (AvgIpc) is 2.66. The van der Waals surface area contributed by atoms with E-state index in [1.165, 1.54) is 7.11 Å². The summed E-state index contributed by atoms with van der Waals surface area (Å²) in [5.74, 6) is 0.240. The zero-order chi connectivity index (χ0) is 21.0. The lowest BCUT2D eigenvalue weighted by molar-refractivity contribution is -0.132. The molecule has 7 heteroatoms.